The van der Waals surface area contributed by atoms with Crippen molar-refractivity contribution in [2.24, 2.45) is 0 Å². The summed E-state index contributed by atoms with van der Waals surface area (Å²) in [7, 11) is -3.71. The first-order chi connectivity index (χ1) is 9.88. The van der Waals surface area contributed by atoms with E-state index in [1.165, 1.54) is 26.2 Å². The summed E-state index contributed by atoms with van der Waals surface area (Å²) in [6.45, 7) is 3.93. The average molecular weight is 317 g/mol. The molecule has 1 heterocycles. The van der Waals surface area contributed by atoms with Crippen LogP contribution in [0, 0.1) is 6.92 Å². The molecule has 6 nitrogen and oxygen atoms in total. The van der Waals surface area contributed by atoms with E-state index in [0.29, 0.717) is 6.54 Å². The Labute approximate surface area is 125 Å². The van der Waals surface area contributed by atoms with Gasteiger partial charge < -0.3 is 9.52 Å². The van der Waals surface area contributed by atoms with Crippen molar-refractivity contribution in [3.8, 4) is 0 Å². The lowest BCUT2D eigenvalue weighted by Gasteiger charge is -2.05. The first-order valence-electron chi connectivity index (χ1n) is 7.22. The van der Waals surface area contributed by atoms with Crippen LogP contribution in [0.5, 0.6) is 0 Å². The summed E-state index contributed by atoms with van der Waals surface area (Å²) in [6, 6.07) is 1.04. The highest BCUT2D eigenvalue weighted by Gasteiger charge is 2.23. The topological polar surface area (TPSA) is 96.6 Å². The molecule has 0 saturated carbocycles. The summed E-state index contributed by atoms with van der Waals surface area (Å²) in [5.41, 5.74) is 0. The molecule has 0 saturated heterocycles. The molecule has 0 unspecified atom stereocenters. The number of aromatic carboxylic acids is 1. The molecule has 21 heavy (non-hydrogen) atoms. The van der Waals surface area contributed by atoms with Gasteiger partial charge in [0.05, 0.1) is 0 Å². The molecule has 0 radical (unpaired) electrons. The molecule has 7 heteroatoms. The molecule has 1 aromatic rings. The number of carbonyl (C=O) groups is 1. The number of sulfonamides is 1. The third kappa shape index (κ3) is 5.51. The number of aryl methyl sites for hydroxylation is 1. The summed E-state index contributed by atoms with van der Waals surface area (Å²) >= 11 is 0. The lowest BCUT2D eigenvalue weighted by Crippen LogP contribution is -2.25. The number of rotatable bonds is 10. The minimum absolute atomic E-state index is 0.0860. The van der Waals surface area contributed by atoms with E-state index in [9.17, 15) is 13.2 Å². The maximum Gasteiger partial charge on any atom is 0.371 e. The SMILES string of the molecule is CCCCCCCCNS(=O)(=O)c1cc(C(=O)O)oc1C. The Balaban J connectivity index is 2.48. The van der Waals surface area contributed by atoms with Crippen LogP contribution < -0.4 is 4.72 Å². The Morgan fingerprint density at radius 3 is 2.43 bits per heavy atom. The van der Waals surface area contributed by atoms with Crippen molar-refractivity contribution >= 4 is 16.0 Å². The smallest absolute Gasteiger partial charge is 0.371 e. The van der Waals surface area contributed by atoms with Crippen LogP contribution in [0.1, 0.15) is 61.8 Å². The molecule has 0 aliphatic heterocycles. The van der Waals surface area contributed by atoms with E-state index in [-0.39, 0.29) is 16.4 Å². The first kappa shape index (κ1) is 17.7. The highest BCUT2D eigenvalue weighted by Crippen LogP contribution is 2.19. The molecule has 0 aromatic carbocycles. The van der Waals surface area contributed by atoms with Gasteiger partial charge >= 0.3 is 5.97 Å². The highest BCUT2D eigenvalue weighted by molar-refractivity contribution is 7.89. The van der Waals surface area contributed by atoms with Crippen molar-refractivity contribution in [2.75, 3.05) is 6.54 Å². The summed E-state index contributed by atoms with van der Waals surface area (Å²) in [5, 5.41) is 8.80. The molecule has 0 spiro atoms. The van der Waals surface area contributed by atoms with Gasteiger partial charge in [0.1, 0.15) is 10.7 Å². The van der Waals surface area contributed by atoms with Gasteiger partial charge in [-0.1, -0.05) is 39.0 Å². The quantitative estimate of drug-likeness (QED) is 0.647. The third-order valence-electron chi connectivity index (χ3n) is 3.19. The van der Waals surface area contributed by atoms with Gasteiger partial charge in [-0.3, -0.25) is 0 Å². The second-order valence-corrected chi connectivity index (χ2v) is 6.74. The van der Waals surface area contributed by atoms with E-state index in [0.717, 1.165) is 25.3 Å². The van der Waals surface area contributed by atoms with Crippen molar-refractivity contribution in [2.45, 2.75) is 57.3 Å². The summed E-state index contributed by atoms with van der Waals surface area (Å²) < 4.78 is 31.5. The van der Waals surface area contributed by atoms with E-state index in [2.05, 4.69) is 11.6 Å². The molecular formula is C14H23NO5S. The Morgan fingerprint density at radius 2 is 1.86 bits per heavy atom. The van der Waals surface area contributed by atoms with Crippen LogP contribution >= 0.6 is 0 Å². The van der Waals surface area contributed by atoms with Crippen LogP contribution in [0.3, 0.4) is 0 Å². The number of furan rings is 1. The number of carboxylic acid groups (broad SMARTS) is 1. The van der Waals surface area contributed by atoms with Gasteiger partial charge in [0, 0.05) is 12.6 Å². The second-order valence-electron chi connectivity index (χ2n) is 5.00. The fraction of sp³-hybridized carbons (Fsp3) is 0.643. The Morgan fingerprint density at radius 1 is 1.24 bits per heavy atom. The molecular weight excluding hydrogens is 294 g/mol. The zero-order chi connectivity index (χ0) is 15.9. The van der Waals surface area contributed by atoms with Gasteiger partial charge in [-0.15, -0.1) is 0 Å². The fourth-order valence-corrected chi connectivity index (χ4v) is 3.28. The maximum absolute atomic E-state index is 12.1. The molecule has 1 aromatic heterocycles. The van der Waals surface area contributed by atoms with Gasteiger partial charge in [0.15, 0.2) is 0 Å². The molecule has 0 atom stereocenters. The van der Waals surface area contributed by atoms with Crippen molar-refractivity contribution < 1.29 is 22.7 Å². The summed E-state index contributed by atoms with van der Waals surface area (Å²) in [4.78, 5) is 10.7. The molecule has 0 aliphatic rings. The van der Waals surface area contributed by atoms with Crippen LogP contribution in [0.25, 0.3) is 0 Å². The molecule has 0 aliphatic carbocycles. The monoisotopic (exact) mass is 317 g/mol. The maximum atomic E-state index is 12.1. The summed E-state index contributed by atoms with van der Waals surface area (Å²) in [5.74, 6) is -1.56. The number of hydrogen-bond donors (Lipinski definition) is 2. The van der Waals surface area contributed by atoms with Crippen LogP contribution in [0.2, 0.25) is 0 Å². The molecule has 0 amide bonds. The van der Waals surface area contributed by atoms with Crippen LogP contribution in [0.4, 0.5) is 0 Å². The van der Waals surface area contributed by atoms with Crippen molar-refractivity contribution in [1.82, 2.24) is 4.72 Å². The molecule has 1 rings (SSSR count). The summed E-state index contributed by atoms with van der Waals surface area (Å²) in [6.07, 6.45) is 6.41. The second kappa shape index (κ2) is 8.19. The van der Waals surface area contributed by atoms with Crippen LogP contribution in [0.15, 0.2) is 15.4 Å². The number of unbranched alkanes of at least 4 members (excludes halogenated alkanes) is 5. The molecule has 0 fully saturated rings. The highest BCUT2D eigenvalue weighted by atomic mass is 32.2. The van der Waals surface area contributed by atoms with E-state index in [4.69, 9.17) is 9.52 Å². The molecule has 0 bridgehead atoms. The fourth-order valence-electron chi connectivity index (χ4n) is 2.03. The van der Waals surface area contributed by atoms with E-state index in [1.54, 1.807) is 0 Å². The molecule has 120 valence electrons. The number of carboxylic acids is 1. The van der Waals surface area contributed by atoms with E-state index < -0.39 is 16.0 Å². The lowest BCUT2D eigenvalue weighted by molar-refractivity contribution is 0.0661. The van der Waals surface area contributed by atoms with Crippen molar-refractivity contribution in [3.05, 3.63) is 17.6 Å². The van der Waals surface area contributed by atoms with Crippen LogP contribution in [-0.2, 0) is 10.0 Å². The number of hydrogen-bond acceptors (Lipinski definition) is 4. The Bertz CT molecular complexity index is 562. The Hall–Kier alpha value is -1.34. The van der Waals surface area contributed by atoms with Gasteiger partial charge in [-0.25, -0.2) is 17.9 Å². The van der Waals surface area contributed by atoms with Gasteiger partial charge in [-0.05, 0) is 13.3 Å². The molecule has 2 N–H and O–H groups in total. The minimum atomic E-state index is -3.71. The van der Waals surface area contributed by atoms with Crippen molar-refractivity contribution in [1.29, 1.82) is 0 Å². The standard InChI is InChI=1S/C14H23NO5S/c1-3-4-5-6-7-8-9-15-21(18,19)13-10-12(14(16)17)20-11(13)2/h10,15H,3-9H2,1-2H3,(H,16,17). The normalized spacial score (nSPS) is 11.7. The Kier molecular flexibility index (Phi) is 6.91. The minimum Gasteiger partial charge on any atom is -0.475 e. The van der Waals surface area contributed by atoms with Crippen molar-refractivity contribution in [3.63, 3.8) is 0 Å². The largest absolute Gasteiger partial charge is 0.475 e. The zero-order valence-electron chi connectivity index (χ0n) is 12.5. The lowest BCUT2D eigenvalue weighted by atomic mass is 10.1. The number of nitrogens with one attached hydrogen (secondary N) is 1. The first-order valence-corrected chi connectivity index (χ1v) is 8.70. The zero-order valence-corrected chi connectivity index (χ0v) is 13.3. The average Bonchev–Trinajstić information content (AvgIpc) is 2.81. The predicted octanol–water partition coefficient (Wildman–Crippen LogP) is 2.93. The van der Waals surface area contributed by atoms with Gasteiger partial charge in [0.25, 0.3) is 0 Å². The van der Waals surface area contributed by atoms with Crippen LogP contribution in [-0.4, -0.2) is 26.0 Å². The third-order valence-corrected chi connectivity index (χ3v) is 4.76. The van der Waals surface area contributed by atoms with Gasteiger partial charge in [0.2, 0.25) is 15.8 Å². The predicted molar refractivity (Wildman–Crippen MR) is 79.0 cm³/mol. The van der Waals surface area contributed by atoms with Gasteiger partial charge in [-0.2, -0.15) is 0 Å². The van der Waals surface area contributed by atoms with E-state index in [1.807, 2.05) is 0 Å². The van der Waals surface area contributed by atoms with E-state index >= 15 is 0 Å².